The van der Waals surface area contributed by atoms with E-state index in [-0.39, 0.29) is 12.3 Å². The van der Waals surface area contributed by atoms with E-state index in [2.05, 4.69) is 15.9 Å². The van der Waals surface area contributed by atoms with E-state index in [1.54, 1.807) is 12.1 Å². The zero-order valence-electron chi connectivity index (χ0n) is 7.00. The molecule has 0 unspecified atom stereocenters. The van der Waals surface area contributed by atoms with Gasteiger partial charge in [-0.1, -0.05) is 15.9 Å². The quantitative estimate of drug-likeness (QED) is 0.456. The van der Waals surface area contributed by atoms with Gasteiger partial charge in [-0.2, -0.15) is 0 Å². The predicted molar refractivity (Wildman–Crippen MR) is 56.2 cm³/mol. The molecule has 0 aromatic heterocycles. The third-order valence-corrected chi connectivity index (χ3v) is 2.51. The lowest BCUT2D eigenvalue weighted by Crippen LogP contribution is -2.21. The van der Waals surface area contributed by atoms with Crippen LogP contribution in [0.15, 0.2) is 16.6 Å². The van der Waals surface area contributed by atoms with Gasteiger partial charge in [0.1, 0.15) is 5.75 Å². The van der Waals surface area contributed by atoms with Crippen LogP contribution in [0.25, 0.3) is 0 Å². The number of nitrogens with two attached hydrogens (primary N) is 3. The lowest BCUT2D eigenvalue weighted by Gasteiger charge is -2.14. The van der Waals surface area contributed by atoms with Crippen LogP contribution in [-0.2, 0) is 0 Å². The Kier molecular flexibility index (Phi) is 3.13. The van der Waals surface area contributed by atoms with Crippen LogP contribution in [-0.4, -0.2) is 11.7 Å². The molecule has 1 atom stereocenters. The smallest absolute Gasteiger partial charge is 0.144 e. The Bertz CT molecular complexity index is 317. The molecule has 0 radical (unpaired) electrons. The average molecular weight is 246 g/mol. The first-order valence-electron chi connectivity index (χ1n) is 3.80. The van der Waals surface area contributed by atoms with E-state index in [1.165, 1.54) is 0 Å². The van der Waals surface area contributed by atoms with Gasteiger partial charge in [0.15, 0.2) is 0 Å². The number of rotatable bonds is 2. The molecule has 0 spiro atoms. The highest BCUT2D eigenvalue weighted by Gasteiger charge is 2.15. The minimum atomic E-state index is -0.405. The maximum Gasteiger partial charge on any atom is 0.144 e. The zero-order chi connectivity index (χ0) is 10.0. The van der Waals surface area contributed by atoms with Crippen LogP contribution < -0.4 is 17.2 Å². The van der Waals surface area contributed by atoms with E-state index >= 15 is 0 Å². The molecule has 0 saturated carbocycles. The molecule has 0 fully saturated rings. The highest BCUT2D eigenvalue weighted by molar-refractivity contribution is 9.10. The first-order chi connectivity index (χ1) is 6.07. The molecular formula is C8H12BrN3O. The normalized spacial score (nSPS) is 12.8. The first-order valence-corrected chi connectivity index (χ1v) is 4.59. The van der Waals surface area contributed by atoms with Gasteiger partial charge in [-0.3, -0.25) is 0 Å². The highest BCUT2D eigenvalue weighted by Crippen LogP contribution is 2.34. The summed E-state index contributed by atoms with van der Waals surface area (Å²) in [5.41, 5.74) is 17.5. The lowest BCUT2D eigenvalue weighted by atomic mass is 10.1. The molecule has 72 valence electrons. The fourth-order valence-electron chi connectivity index (χ4n) is 1.07. The topological polar surface area (TPSA) is 98.3 Å². The number of phenols is 1. The number of phenolic OH excluding ortho intramolecular Hbond substituents is 1. The second kappa shape index (κ2) is 3.95. The van der Waals surface area contributed by atoms with Crippen LogP contribution in [0.2, 0.25) is 0 Å². The van der Waals surface area contributed by atoms with Crippen LogP contribution in [0.3, 0.4) is 0 Å². The van der Waals surface area contributed by atoms with Gasteiger partial charge in [-0.25, -0.2) is 0 Å². The Balaban J connectivity index is 3.25. The molecule has 13 heavy (non-hydrogen) atoms. The van der Waals surface area contributed by atoms with Crippen molar-refractivity contribution in [2.45, 2.75) is 6.04 Å². The molecule has 1 aromatic rings. The summed E-state index contributed by atoms with van der Waals surface area (Å²) in [5, 5.41) is 9.59. The Morgan fingerprint density at radius 3 is 2.62 bits per heavy atom. The molecule has 7 N–H and O–H groups in total. The van der Waals surface area contributed by atoms with Crippen molar-refractivity contribution in [1.82, 2.24) is 0 Å². The van der Waals surface area contributed by atoms with Gasteiger partial charge in [0, 0.05) is 22.6 Å². The molecule has 0 amide bonds. The van der Waals surface area contributed by atoms with Crippen molar-refractivity contribution in [3.63, 3.8) is 0 Å². The third-order valence-electron chi connectivity index (χ3n) is 1.82. The fraction of sp³-hybridized carbons (Fsp3) is 0.250. The molecule has 1 rings (SSSR count). The van der Waals surface area contributed by atoms with E-state index in [9.17, 15) is 5.11 Å². The summed E-state index contributed by atoms with van der Waals surface area (Å²) in [4.78, 5) is 0. The van der Waals surface area contributed by atoms with E-state index < -0.39 is 6.04 Å². The molecule has 0 saturated heterocycles. The summed E-state index contributed by atoms with van der Waals surface area (Å²) >= 11 is 3.27. The molecular weight excluding hydrogens is 234 g/mol. The summed E-state index contributed by atoms with van der Waals surface area (Å²) in [6.45, 7) is 0.260. The number of nitrogen functional groups attached to an aromatic ring is 1. The van der Waals surface area contributed by atoms with Crippen LogP contribution in [0.5, 0.6) is 5.75 Å². The average Bonchev–Trinajstić information content (AvgIpc) is 2.12. The van der Waals surface area contributed by atoms with Crippen molar-refractivity contribution in [3.8, 4) is 5.75 Å². The third kappa shape index (κ3) is 1.93. The van der Waals surface area contributed by atoms with Gasteiger partial charge < -0.3 is 22.3 Å². The summed E-state index contributed by atoms with van der Waals surface area (Å²) in [6.07, 6.45) is 0. The minimum Gasteiger partial charge on any atom is -0.505 e. The number of halogens is 1. The van der Waals surface area contributed by atoms with Crippen LogP contribution >= 0.6 is 15.9 Å². The Hall–Kier alpha value is -0.780. The van der Waals surface area contributed by atoms with Crippen molar-refractivity contribution in [3.05, 3.63) is 22.2 Å². The molecule has 4 nitrogen and oxygen atoms in total. The van der Waals surface area contributed by atoms with Gasteiger partial charge in [-0.05, 0) is 12.1 Å². The molecule has 0 aliphatic rings. The molecule has 0 aliphatic carbocycles. The van der Waals surface area contributed by atoms with Crippen molar-refractivity contribution in [2.24, 2.45) is 11.5 Å². The second-order valence-corrected chi connectivity index (χ2v) is 3.60. The second-order valence-electron chi connectivity index (χ2n) is 2.74. The zero-order valence-corrected chi connectivity index (χ0v) is 8.58. The molecule has 5 heteroatoms. The van der Waals surface area contributed by atoms with Crippen molar-refractivity contribution < 1.29 is 5.11 Å². The Morgan fingerprint density at radius 1 is 1.46 bits per heavy atom. The first kappa shape index (κ1) is 10.3. The van der Waals surface area contributed by atoms with Crippen molar-refractivity contribution >= 4 is 21.6 Å². The predicted octanol–water partition coefficient (Wildman–Crippen LogP) is 0.695. The van der Waals surface area contributed by atoms with Crippen molar-refractivity contribution in [1.29, 1.82) is 0 Å². The summed E-state index contributed by atoms with van der Waals surface area (Å²) in [5.74, 6) is 0.00678. The van der Waals surface area contributed by atoms with E-state index in [4.69, 9.17) is 17.2 Å². The lowest BCUT2D eigenvalue weighted by molar-refractivity contribution is 0.464. The van der Waals surface area contributed by atoms with E-state index in [1.807, 2.05) is 0 Å². The molecule has 0 heterocycles. The summed E-state index contributed by atoms with van der Waals surface area (Å²) < 4.78 is 0.720. The number of benzene rings is 1. The molecule has 0 bridgehead atoms. The van der Waals surface area contributed by atoms with E-state index in [0.717, 1.165) is 4.47 Å². The van der Waals surface area contributed by atoms with Crippen LogP contribution in [0.4, 0.5) is 5.69 Å². The standard InChI is InChI=1S/C8H12BrN3O/c9-4-1-2-5(11)8(13)7(4)6(12)3-10/h1-2,6,13H,3,10-12H2/t6-/m1/s1. The number of anilines is 1. The Morgan fingerprint density at radius 2 is 2.08 bits per heavy atom. The summed E-state index contributed by atoms with van der Waals surface area (Å²) in [6, 6.07) is 2.93. The van der Waals surface area contributed by atoms with Crippen LogP contribution in [0.1, 0.15) is 11.6 Å². The monoisotopic (exact) mass is 245 g/mol. The minimum absolute atomic E-state index is 0.00678. The highest BCUT2D eigenvalue weighted by atomic mass is 79.9. The number of aromatic hydroxyl groups is 1. The maximum absolute atomic E-state index is 9.59. The SMILES string of the molecule is NC[C@@H](N)c1c(Br)ccc(N)c1O. The number of hydrogen-bond acceptors (Lipinski definition) is 4. The van der Waals surface area contributed by atoms with Gasteiger partial charge in [-0.15, -0.1) is 0 Å². The van der Waals surface area contributed by atoms with Crippen LogP contribution in [0, 0.1) is 0 Å². The number of hydrogen-bond donors (Lipinski definition) is 4. The molecule has 0 aliphatic heterocycles. The molecule has 1 aromatic carbocycles. The van der Waals surface area contributed by atoms with Gasteiger partial charge >= 0.3 is 0 Å². The fourth-order valence-corrected chi connectivity index (χ4v) is 1.68. The maximum atomic E-state index is 9.59. The van der Waals surface area contributed by atoms with Crippen molar-refractivity contribution in [2.75, 3.05) is 12.3 Å². The van der Waals surface area contributed by atoms with Gasteiger partial charge in [0.05, 0.1) is 5.69 Å². The summed E-state index contributed by atoms with van der Waals surface area (Å²) in [7, 11) is 0. The van der Waals surface area contributed by atoms with Gasteiger partial charge in [0.2, 0.25) is 0 Å². The van der Waals surface area contributed by atoms with Gasteiger partial charge in [0.25, 0.3) is 0 Å². The van der Waals surface area contributed by atoms with E-state index in [0.29, 0.717) is 11.3 Å². The Labute approximate surface area is 84.8 Å². The largest absolute Gasteiger partial charge is 0.505 e.